The molecule has 0 spiro atoms. The number of hydrogen-bond donors (Lipinski definition) is 8. The first-order valence-electron chi connectivity index (χ1n) is 21.8. The maximum atomic E-state index is 11.0. The zero-order chi connectivity index (χ0) is 50.4. The number of para-hydroxylation sites is 4. The van der Waals surface area contributed by atoms with E-state index in [0.717, 1.165) is 44.5 Å². The van der Waals surface area contributed by atoms with Gasteiger partial charge in [0.2, 0.25) is 0 Å². The van der Waals surface area contributed by atoms with Crippen molar-refractivity contribution in [3.63, 3.8) is 0 Å². The Kier molecular flexibility index (Phi) is 26.9. The van der Waals surface area contributed by atoms with Gasteiger partial charge in [-0.3, -0.25) is 19.2 Å². The zero-order valence-corrected chi connectivity index (χ0v) is 39.2. The van der Waals surface area contributed by atoms with Crippen LogP contribution in [0.3, 0.4) is 0 Å². The lowest BCUT2D eigenvalue weighted by Crippen LogP contribution is -2.12. The van der Waals surface area contributed by atoms with Crippen molar-refractivity contribution in [2.24, 2.45) is 0 Å². The average molecular weight is 975 g/mol. The molecule has 8 aromatic rings. The summed E-state index contributed by atoms with van der Waals surface area (Å²) in [7, 11) is 0. The number of nitrogens with one attached hydrogen (secondary N) is 4. The number of phenolic OH excluding ortho intramolecular Hbond substituents is 4. The molecule has 4 amide bonds. The minimum Gasteiger partial charge on any atom is -0.508 e. The second-order valence-corrected chi connectivity index (χ2v) is 14.7. The third-order valence-electron chi connectivity index (χ3n) is 9.83. The number of benzene rings is 8. The molecule has 0 aliphatic carbocycles. The molecule has 72 heavy (non-hydrogen) atoms. The van der Waals surface area contributed by atoms with E-state index in [1.165, 1.54) is 0 Å². The third-order valence-corrected chi connectivity index (χ3v) is 9.83. The topological polar surface area (TPSA) is 277 Å². The SMILES string of the molecule is C=O.O.O.O=C1NCc2ccccc21.O=C1NCc2ccccc21.O=C1NCc2ccccc21.O=C1NCc2ccccc21.Oc1ccccc1.Oc1ccccc1.Oc1ccccc1.Oc1ccccc1. The number of phenols is 4. The van der Waals surface area contributed by atoms with E-state index in [2.05, 4.69) is 21.3 Å². The van der Waals surface area contributed by atoms with Gasteiger partial charge in [0, 0.05) is 48.4 Å². The van der Waals surface area contributed by atoms with Crippen LogP contribution in [0.4, 0.5) is 0 Å². The number of hydrogen-bond acceptors (Lipinski definition) is 9. The third kappa shape index (κ3) is 20.3. The van der Waals surface area contributed by atoms with Crippen LogP contribution in [-0.4, -0.2) is 61.8 Å². The molecule has 0 bridgehead atoms. The van der Waals surface area contributed by atoms with Crippen molar-refractivity contribution in [1.29, 1.82) is 0 Å². The van der Waals surface area contributed by atoms with Crippen LogP contribution in [0.1, 0.15) is 63.7 Å². The van der Waals surface area contributed by atoms with E-state index in [0.29, 0.717) is 49.2 Å². The Hall–Kier alpha value is -9.57. The van der Waals surface area contributed by atoms with E-state index in [4.69, 9.17) is 25.2 Å². The lowest BCUT2D eigenvalue weighted by atomic mass is 10.1. The maximum Gasteiger partial charge on any atom is 0.251 e. The van der Waals surface area contributed by atoms with E-state index < -0.39 is 0 Å². The summed E-state index contributed by atoms with van der Waals surface area (Å²) in [6, 6.07) is 65.4. The largest absolute Gasteiger partial charge is 0.508 e. The van der Waals surface area contributed by atoms with Crippen LogP contribution in [0.5, 0.6) is 23.0 Å². The minimum atomic E-state index is 0. The first kappa shape index (κ1) is 58.6. The van der Waals surface area contributed by atoms with Crippen molar-refractivity contribution in [3.05, 3.63) is 263 Å². The fourth-order valence-corrected chi connectivity index (χ4v) is 6.38. The van der Waals surface area contributed by atoms with Gasteiger partial charge in [-0.05, 0) is 95.1 Å². The van der Waals surface area contributed by atoms with Gasteiger partial charge in [0.25, 0.3) is 23.6 Å². The monoisotopic (exact) mass is 974 g/mol. The van der Waals surface area contributed by atoms with Crippen molar-refractivity contribution in [1.82, 2.24) is 21.3 Å². The van der Waals surface area contributed by atoms with Crippen LogP contribution in [0, 0.1) is 0 Å². The summed E-state index contributed by atoms with van der Waals surface area (Å²) in [5, 5.41) is 45.5. The highest BCUT2D eigenvalue weighted by Gasteiger charge is 2.18. The Morgan fingerprint density at radius 3 is 0.556 bits per heavy atom. The molecule has 12 rings (SSSR count). The molecule has 0 radical (unpaired) electrons. The van der Waals surface area contributed by atoms with Gasteiger partial charge in [-0.15, -0.1) is 0 Å². The smallest absolute Gasteiger partial charge is 0.251 e. The second-order valence-electron chi connectivity index (χ2n) is 14.7. The van der Waals surface area contributed by atoms with Gasteiger partial charge in [0.05, 0.1) is 0 Å². The second kappa shape index (κ2) is 33.0. The van der Waals surface area contributed by atoms with Crippen molar-refractivity contribution < 1.29 is 55.4 Å². The summed E-state index contributed by atoms with van der Waals surface area (Å²) in [6.07, 6.45) is 0. The quantitative estimate of drug-likeness (QED) is 0.0748. The lowest BCUT2D eigenvalue weighted by molar-refractivity contribution is -0.0980. The van der Waals surface area contributed by atoms with Crippen LogP contribution in [-0.2, 0) is 31.0 Å². The Morgan fingerprint density at radius 1 is 0.264 bits per heavy atom. The summed E-state index contributed by atoms with van der Waals surface area (Å²) in [4.78, 5) is 51.8. The van der Waals surface area contributed by atoms with E-state index in [-0.39, 0.29) is 34.6 Å². The van der Waals surface area contributed by atoms with Crippen LogP contribution in [0.15, 0.2) is 218 Å². The van der Waals surface area contributed by atoms with Gasteiger partial charge in [0.1, 0.15) is 29.8 Å². The molecular weight excluding hydrogens is 917 g/mol. The van der Waals surface area contributed by atoms with Gasteiger partial charge < -0.3 is 57.4 Å². The molecule has 0 saturated heterocycles. The van der Waals surface area contributed by atoms with Crippen LogP contribution in [0.25, 0.3) is 0 Å². The average Bonchev–Trinajstić information content (AvgIpc) is 4.20. The Labute approximate surface area is 417 Å². The Balaban J connectivity index is 0.000000281. The molecule has 12 N–H and O–H groups in total. The molecular formula is C57H58N4O11. The summed E-state index contributed by atoms with van der Waals surface area (Å²) < 4.78 is 0. The molecule has 8 aromatic carbocycles. The highest BCUT2D eigenvalue weighted by Crippen LogP contribution is 2.16. The fourth-order valence-electron chi connectivity index (χ4n) is 6.38. The predicted molar refractivity (Wildman–Crippen MR) is 277 cm³/mol. The molecule has 0 unspecified atom stereocenters. The maximum absolute atomic E-state index is 11.0. The van der Waals surface area contributed by atoms with Crippen molar-refractivity contribution >= 4 is 30.4 Å². The van der Waals surface area contributed by atoms with Gasteiger partial charge in [-0.2, -0.15) is 0 Å². The molecule has 4 aliphatic heterocycles. The summed E-state index contributed by atoms with van der Waals surface area (Å²) >= 11 is 0. The molecule has 4 heterocycles. The molecule has 0 aromatic heterocycles. The number of rotatable bonds is 0. The van der Waals surface area contributed by atoms with Crippen LogP contribution >= 0.6 is 0 Å². The highest BCUT2D eigenvalue weighted by atomic mass is 16.3. The van der Waals surface area contributed by atoms with Gasteiger partial charge in [-0.1, -0.05) is 146 Å². The number of carbonyl (C=O) groups is 5. The van der Waals surface area contributed by atoms with E-state index in [9.17, 15) is 19.2 Å². The predicted octanol–water partition coefficient (Wildman–Crippen LogP) is 7.45. The number of amides is 4. The van der Waals surface area contributed by atoms with Crippen molar-refractivity contribution in [2.45, 2.75) is 26.2 Å². The van der Waals surface area contributed by atoms with Crippen molar-refractivity contribution in [3.8, 4) is 23.0 Å². The van der Waals surface area contributed by atoms with E-state index in [1.54, 1.807) is 97.1 Å². The van der Waals surface area contributed by atoms with Gasteiger partial charge in [-0.25, -0.2) is 0 Å². The normalized spacial score (nSPS) is 11.5. The van der Waals surface area contributed by atoms with E-state index in [1.807, 2.05) is 128 Å². The molecule has 15 nitrogen and oxygen atoms in total. The zero-order valence-electron chi connectivity index (χ0n) is 39.2. The van der Waals surface area contributed by atoms with E-state index >= 15 is 0 Å². The molecule has 0 atom stereocenters. The van der Waals surface area contributed by atoms with Crippen molar-refractivity contribution in [2.75, 3.05) is 0 Å². The molecule has 0 saturated carbocycles. The lowest BCUT2D eigenvalue weighted by Gasteiger charge is -1.89. The van der Waals surface area contributed by atoms with Crippen LogP contribution in [0.2, 0.25) is 0 Å². The standard InChI is InChI=1S/4C8H7NO.4C6H6O.CH2O.2H2O/c4*10-8-7-4-2-1-3-6(7)5-9-8;4*7-6-4-2-1-3-5-6;1-2;;/h4*1-4H,5H2,(H,9,10);4*1-5,7H;1H2;2*1H2. The Bertz CT molecular complexity index is 2450. The van der Waals surface area contributed by atoms with Gasteiger partial charge in [0.15, 0.2) is 0 Å². The molecule has 0 fully saturated rings. The number of carbonyl (C=O) groups excluding carboxylic acids is 5. The Morgan fingerprint density at radius 2 is 0.417 bits per heavy atom. The molecule has 15 heteroatoms. The summed E-state index contributed by atoms with van der Waals surface area (Å²) in [6.45, 7) is 4.76. The minimum absolute atomic E-state index is 0. The van der Waals surface area contributed by atoms with Gasteiger partial charge >= 0.3 is 0 Å². The molecule has 4 aliphatic rings. The van der Waals surface area contributed by atoms with Crippen LogP contribution < -0.4 is 21.3 Å². The highest BCUT2D eigenvalue weighted by molar-refractivity contribution is 5.99. The molecule has 372 valence electrons. The first-order valence-corrected chi connectivity index (χ1v) is 21.8. The number of fused-ring (bicyclic) bond motifs is 4. The number of aromatic hydroxyl groups is 4. The summed E-state index contributed by atoms with van der Waals surface area (Å²) in [5.41, 5.74) is 7.70. The fraction of sp³-hybridized carbons (Fsp3) is 0.0702. The first-order chi connectivity index (χ1) is 34.1. The summed E-state index contributed by atoms with van der Waals surface area (Å²) in [5.74, 6) is 1.49.